The molecule has 3 unspecified atom stereocenters. The van der Waals surface area contributed by atoms with E-state index in [-0.39, 0.29) is 0 Å². The fourth-order valence-electron chi connectivity index (χ4n) is 5.95. The Morgan fingerprint density at radius 3 is 2.75 bits per heavy atom. The molecule has 0 bridgehead atoms. The topological polar surface area (TPSA) is 68.0 Å². The molecule has 1 spiro atoms. The number of ether oxygens (including phenoxy) is 2. The highest BCUT2D eigenvalue weighted by Crippen LogP contribution is 2.60. The Labute approximate surface area is 167 Å². The number of hydrogen-bond acceptors (Lipinski definition) is 4. The molecule has 28 heavy (non-hydrogen) atoms. The van der Waals surface area contributed by atoms with Crippen LogP contribution in [0.1, 0.15) is 50.7 Å². The zero-order chi connectivity index (χ0) is 18.8. The number of fused-ring (bicyclic) bond motifs is 2. The van der Waals surface area contributed by atoms with Crippen molar-refractivity contribution < 1.29 is 13.9 Å². The summed E-state index contributed by atoms with van der Waals surface area (Å²) in [5.41, 5.74) is 0.334. The van der Waals surface area contributed by atoms with Gasteiger partial charge in [-0.2, -0.15) is 0 Å². The van der Waals surface area contributed by atoms with Crippen LogP contribution < -0.4 is 10.6 Å². The molecule has 0 amide bonds. The van der Waals surface area contributed by atoms with Crippen molar-refractivity contribution in [3.63, 3.8) is 0 Å². The zero-order valence-corrected chi connectivity index (χ0v) is 16.7. The summed E-state index contributed by atoms with van der Waals surface area (Å²) in [5.74, 6) is 2.61. The lowest BCUT2D eigenvalue weighted by Gasteiger charge is -2.57. The molecule has 1 aromatic heterocycles. The van der Waals surface area contributed by atoms with Gasteiger partial charge in [-0.15, -0.1) is 0 Å². The van der Waals surface area contributed by atoms with E-state index in [2.05, 4.69) is 10.6 Å². The highest BCUT2D eigenvalue weighted by molar-refractivity contribution is 5.81. The Hall–Kier alpha value is -1.53. The van der Waals surface area contributed by atoms with Crippen molar-refractivity contribution in [3.05, 3.63) is 24.2 Å². The van der Waals surface area contributed by atoms with Crippen LogP contribution in [0.25, 0.3) is 0 Å². The van der Waals surface area contributed by atoms with Gasteiger partial charge in [-0.3, -0.25) is 4.99 Å². The van der Waals surface area contributed by atoms with E-state index in [4.69, 9.17) is 18.9 Å². The van der Waals surface area contributed by atoms with Crippen LogP contribution in [0.15, 0.2) is 27.8 Å². The molecule has 154 valence electrons. The molecule has 5 rings (SSSR count). The van der Waals surface area contributed by atoms with Crippen molar-refractivity contribution in [3.8, 4) is 0 Å². The molecular formula is C22H33N3O3. The number of furan rings is 1. The van der Waals surface area contributed by atoms with Crippen LogP contribution in [0.4, 0.5) is 0 Å². The molecule has 2 saturated heterocycles. The standard InChI is InChI=1S/C22H33N3O3/c1-2-10-22(9-1)19(18-8-15-28-20(18)22)25-21(24-16-6-13-26-14-7-16)23-11-5-17-4-3-12-27-17/h3-4,12,16,18-20H,1-2,5-11,13-15H2,(H2,23,24,25). The Kier molecular flexibility index (Phi) is 5.33. The van der Waals surface area contributed by atoms with Gasteiger partial charge < -0.3 is 24.5 Å². The largest absolute Gasteiger partial charge is 0.469 e. The normalized spacial score (nSPS) is 32.3. The summed E-state index contributed by atoms with van der Waals surface area (Å²) >= 11 is 0. The quantitative estimate of drug-likeness (QED) is 0.601. The van der Waals surface area contributed by atoms with Crippen molar-refractivity contribution in [2.45, 2.75) is 69.6 Å². The minimum Gasteiger partial charge on any atom is -0.469 e. The Bertz CT molecular complexity index is 663. The van der Waals surface area contributed by atoms with Crippen LogP contribution >= 0.6 is 0 Å². The van der Waals surface area contributed by atoms with E-state index in [0.717, 1.165) is 57.3 Å². The predicted octanol–water partition coefficient (Wildman–Crippen LogP) is 2.88. The van der Waals surface area contributed by atoms with Gasteiger partial charge in [-0.25, -0.2) is 0 Å². The van der Waals surface area contributed by atoms with Gasteiger partial charge in [-0.1, -0.05) is 12.8 Å². The summed E-state index contributed by atoms with van der Waals surface area (Å²) in [4.78, 5) is 4.94. The van der Waals surface area contributed by atoms with Gasteiger partial charge in [0.25, 0.3) is 0 Å². The van der Waals surface area contributed by atoms with Crippen molar-refractivity contribution in [1.82, 2.24) is 10.6 Å². The minimum atomic E-state index is 0.334. The van der Waals surface area contributed by atoms with Gasteiger partial charge in [0.2, 0.25) is 0 Å². The third kappa shape index (κ3) is 3.45. The second-order valence-corrected chi connectivity index (χ2v) is 8.90. The number of nitrogens with zero attached hydrogens (tertiary/aromatic N) is 1. The van der Waals surface area contributed by atoms with Gasteiger partial charge in [0, 0.05) is 56.2 Å². The molecule has 1 aromatic rings. The van der Waals surface area contributed by atoms with Gasteiger partial charge in [-0.05, 0) is 44.2 Å². The van der Waals surface area contributed by atoms with Crippen molar-refractivity contribution in [1.29, 1.82) is 0 Å². The summed E-state index contributed by atoms with van der Waals surface area (Å²) in [5, 5.41) is 7.58. The molecule has 2 aliphatic heterocycles. The highest BCUT2D eigenvalue weighted by atomic mass is 16.5. The number of nitrogens with one attached hydrogen (secondary N) is 2. The van der Waals surface area contributed by atoms with Crippen LogP contribution in [0.2, 0.25) is 0 Å². The average Bonchev–Trinajstić information content (AvgIpc) is 3.47. The maximum absolute atomic E-state index is 6.15. The van der Waals surface area contributed by atoms with E-state index >= 15 is 0 Å². The third-order valence-corrected chi connectivity index (χ3v) is 7.35. The number of aliphatic imine (C=N–C) groups is 1. The van der Waals surface area contributed by atoms with Crippen LogP contribution in [-0.2, 0) is 15.9 Å². The first-order valence-corrected chi connectivity index (χ1v) is 11.1. The van der Waals surface area contributed by atoms with Crippen molar-refractivity contribution in [2.24, 2.45) is 16.3 Å². The number of hydrogen-bond donors (Lipinski definition) is 2. The second-order valence-electron chi connectivity index (χ2n) is 8.90. The Morgan fingerprint density at radius 1 is 1.11 bits per heavy atom. The average molecular weight is 388 g/mol. The van der Waals surface area contributed by atoms with Gasteiger partial charge in [0.05, 0.1) is 12.4 Å². The summed E-state index contributed by atoms with van der Waals surface area (Å²) in [6, 6.07) is 4.90. The van der Waals surface area contributed by atoms with Crippen LogP contribution in [0.3, 0.4) is 0 Å². The molecule has 3 heterocycles. The molecule has 2 N–H and O–H groups in total. The molecule has 0 radical (unpaired) electrons. The molecule has 6 nitrogen and oxygen atoms in total. The summed E-state index contributed by atoms with van der Waals surface area (Å²) in [6.07, 6.45) is 11.6. The van der Waals surface area contributed by atoms with E-state index in [9.17, 15) is 0 Å². The first-order valence-electron chi connectivity index (χ1n) is 11.1. The fourth-order valence-corrected chi connectivity index (χ4v) is 5.95. The molecular weight excluding hydrogens is 354 g/mol. The Balaban J connectivity index is 1.28. The highest BCUT2D eigenvalue weighted by Gasteiger charge is 2.65. The first kappa shape index (κ1) is 18.5. The van der Waals surface area contributed by atoms with Crippen LogP contribution in [0.5, 0.6) is 0 Å². The maximum atomic E-state index is 6.15. The zero-order valence-electron chi connectivity index (χ0n) is 16.7. The molecule has 2 aliphatic carbocycles. The monoisotopic (exact) mass is 387 g/mol. The van der Waals surface area contributed by atoms with E-state index in [1.807, 2.05) is 12.1 Å². The third-order valence-electron chi connectivity index (χ3n) is 7.35. The van der Waals surface area contributed by atoms with Crippen LogP contribution in [-0.4, -0.2) is 50.5 Å². The van der Waals surface area contributed by atoms with E-state index in [1.54, 1.807) is 6.26 Å². The van der Waals surface area contributed by atoms with Gasteiger partial charge in [0.1, 0.15) is 5.76 Å². The SMILES string of the molecule is c1coc(CCN=C(NC2CCOCC2)NC2C3CCOC3C23CCCC3)c1. The summed E-state index contributed by atoms with van der Waals surface area (Å²) in [6.45, 7) is 3.33. The lowest BCUT2D eigenvalue weighted by Crippen LogP contribution is -2.69. The molecule has 3 atom stereocenters. The number of rotatable bonds is 5. The minimum absolute atomic E-state index is 0.334. The van der Waals surface area contributed by atoms with E-state index < -0.39 is 0 Å². The molecule has 4 fully saturated rings. The predicted molar refractivity (Wildman–Crippen MR) is 107 cm³/mol. The smallest absolute Gasteiger partial charge is 0.191 e. The summed E-state index contributed by atoms with van der Waals surface area (Å²) < 4.78 is 17.1. The fraction of sp³-hybridized carbons (Fsp3) is 0.773. The molecule has 0 aromatic carbocycles. The van der Waals surface area contributed by atoms with Crippen LogP contribution in [0, 0.1) is 11.3 Å². The van der Waals surface area contributed by atoms with E-state index in [0.29, 0.717) is 29.5 Å². The van der Waals surface area contributed by atoms with Crippen molar-refractivity contribution >= 4 is 5.96 Å². The molecule has 6 heteroatoms. The van der Waals surface area contributed by atoms with Crippen molar-refractivity contribution in [2.75, 3.05) is 26.4 Å². The first-order chi connectivity index (χ1) is 13.9. The van der Waals surface area contributed by atoms with Gasteiger partial charge in [0.15, 0.2) is 5.96 Å². The summed E-state index contributed by atoms with van der Waals surface area (Å²) in [7, 11) is 0. The van der Waals surface area contributed by atoms with Gasteiger partial charge >= 0.3 is 0 Å². The lowest BCUT2D eigenvalue weighted by molar-refractivity contribution is -0.125. The molecule has 4 aliphatic rings. The number of guanidine groups is 1. The lowest BCUT2D eigenvalue weighted by atomic mass is 9.54. The molecule has 2 saturated carbocycles. The second kappa shape index (κ2) is 8.07. The van der Waals surface area contributed by atoms with E-state index in [1.165, 1.54) is 32.1 Å². The maximum Gasteiger partial charge on any atom is 0.191 e. The Morgan fingerprint density at radius 2 is 1.96 bits per heavy atom.